The molecule has 2 atom stereocenters. The highest BCUT2D eigenvalue weighted by Crippen LogP contribution is 2.36. The van der Waals surface area contributed by atoms with Gasteiger partial charge in [0.05, 0.1) is 32.6 Å². The number of aromatic nitrogens is 3. The lowest BCUT2D eigenvalue weighted by Gasteiger charge is -2.26. The van der Waals surface area contributed by atoms with Gasteiger partial charge in [0.2, 0.25) is 0 Å². The standard InChI is InChI=1S/C25H23F3N4O2S/c26-25(27,28)18-9-15(13-31-24(18)29)20-11-17(7-8-30-20)34-16-5-6-19-22(12-16)35-23(32-19)10-14-3-1-2-4-21(14)33/h5-9,11-14,21,33H,1-4,10H2,(H2,29,31)/t14-,21+/m0/s1. The second-order valence-electron chi connectivity index (χ2n) is 8.69. The van der Waals surface area contributed by atoms with Gasteiger partial charge in [-0.3, -0.25) is 4.98 Å². The summed E-state index contributed by atoms with van der Waals surface area (Å²) in [5, 5.41) is 11.3. The van der Waals surface area contributed by atoms with Gasteiger partial charge < -0.3 is 15.6 Å². The summed E-state index contributed by atoms with van der Waals surface area (Å²) in [5.41, 5.74) is 5.73. The molecule has 6 nitrogen and oxygen atoms in total. The summed E-state index contributed by atoms with van der Waals surface area (Å²) in [7, 11) is 0. The summed E-state index contributed by atoms with van der Waals surface area (Å²) in [6, 6.07) is 9.69. The number of thiazole rings is 1. The van der Waals surface area contributed by atoms with E-state index in [1.165, 1.54) is 12.4 Å². The van der Waals surface area contributed by atoms with Gasteiger partial charge in [0, 0.05) is 36.5 Å². The Balaban J connectivity index is 1.35. The molecule has 0 spiro atoms. The predicted octanol–water partition coefficient (Wildman–Crippen LogP) is 6.24. The highest BCUT2D eigenvalue weighted by atomic mass is 32.1. The number of nitrogens with zero attached hydrogens (tertiary/aromatic N) is 3. The molecule has 182 valence electrons. The first-order valence-corrected chi connectivity index (χ1v) is 12.1. The number of ether oxygens (including phenoxy) is 1. The fourth-order valence-corrected chi connectivity index (χ4v) is 5.45. The average Bonchev–Trinajstić information content (AvgIpc) is 3.22. The van der Waals surface area contributed by atoms with Crippen LogP contribution in [0.4, 0.5) is 19.0 Å². The molecule has 5 rings (SSSR count). The summed E-state index contributed by atoms with van der Waals surface area (Å²) < 4.78 is 46.6. The van der Waals surface area contributed by atoms with E-state index in [2.05, 4.69) is 9.97 Å². The molecule has 0 radical (unpaired) electrons. The maximum Gasteiger partial charge on any atom is 0.419 e. The average molecular weight is 501 g/mol. The molecule has 35 heavy (non-hydrogen) atoms. The van der Waals surface area contributed by atoms with Crippen molar-refractivity contribution in [1.29, 1.82) is 0 Å². The minimum absolute atomic E-state index is 0.185. The normalized spacial score (nSPS) is 18.6. The lowest BCUT2D eigenvalue weighted by Crippen LogP contribution is -2.26. The van der Waals surface area contributed by atoms with Crippen LogP contribution < -0.4 is 10.5 Å². The monoisotopic (exact) mass is 500 g/mol. The van der Waals surface area contributed by atoms with E-state index in [9.17, 15) is 18.3 Å². The van der Waals surface area contributed by atoms with E-state index < -0.39 is 17.6 Å². The smallest absolute Gasteiger partial charge is 0.419 e. The van der Waals surface area contributed by atoms with Crippen LogP contribution in [0.15, 0.2) is 48.8 Å². The Morgan fingerprint density at radius 2 is 1.86 bits per heavy atom. The number of alkyl halides is 3. The Morgan fingerprint density at radius 3 is 2.66 bits per heavy atom. The van der Waals surface area contributed by atoms with Crippen molar-refractivity contribution in [2.45, 2.75) is 44.4 Å². The topological polar surface area (TPSA) is 94.2 Å². The molecular formula is C25H23F3N4O2S. The van der Waals surface area contributed by atoms with E-state index in [0.29, 0.717) is 11.5 Å². The first-order valence-electron chi connectivity index (χ1n) is 11.3. The van der Waals surface area contributed by atoms with Crippen molar-refractivity contribution in [1.82, 2.24) is 15.0 Å². The maximum atomic E-state index is 13.2. The Bertz CT molecular complexity index is 1360. The van der Waals surface area contributed by atoms with Gasteiger partial charge in [-0.15, -0.1) is 11.3 Å². The molecule has 0 amide bonds. The Labute approximate surface area is 203 Å². The zero-order chi connectivity index (χ0) is 24.6. The molecular weight excluding hydrogens is 477 g/mol. The largest absolute Gasteiger partial charge is 0.457 e. The zero-order valence-corrected chi connectivity index (χ0v) is 19.4. The van der Waals surface area contributed by atoms with Crippen molar-refractivity contribution in [2.24, 2.45) is 5.92 Å². The number of hydrogen-bond acceptors (Lipinski definition) is 7. The summed E-state index contributed by atoms with van der Waals surface area (Å²) in [5.74, 6) is 0.670. The van der Waals surface area contributed by atoms with Crippen molar-refractivity contribution in [3.8, 4) is 22.8 Å². The number of hydrogen-bond donors (Lipinski definition) is 2. The van der Waals surface area contributed by atoms with Crippen LogP contribution in [0.1, 0.15) is 36.3 Å². The van der Waals surface area contributed by atoms with E-state index >= 15 is 0 Å². The fraction of sp³-hybridized carbons (Fsp3) is 0.320. The third-order valence-electron chi connectivity index (χ3n) is 6.20. The van der Waals surface area contributed by atoms with Gasteiger partial charge in [-0.05, 0) is 43.0 Å². The van der Waals surface area contributed by atoms with Gasteiger partial charge in [-0.2, -0.15) is 13.2 Å². The maximum absolute atomic E-state index is 13.2. The van der Waals surface area contributed by atoms with Crippen LogP contribution in [0.3, 0.4) is 0 Å². The van der Waals surface area contributed by atoms with Crippen LogP contribution in [-0.2, 0) is 12.6 Å². The Morgan fingerprint density at radius 1 is 1.06 bits per heavy atom. The minimum atomic E-state index is -4.61. The zero-order valence-electron chi connectivity index (χ0n) is 18.6. The number of fused-ring (bicyclic) bond motifs is 1. The molecule has 1 aromatic carbocycles. The molecule has 10 heteroatoms. The third kappa shape index (κ3) is 5.23. The molecule has 1 aliphatic rings. The number of pyridine rings is 2. The van der Waals surface area contributed by atoms with Crippen molar-refractivity contribution >= 4 is 27.4 Å². The number of benzene rings is 1. The van der Waals surface area contributed by atoms with E-state index in [-0.39, 0.29) is 23.3 Å². The van der Waals surface area contributed by atoms with Crippen LogP contribution >= 0.6 is 11.3 Å². The van der Waals surface area contributed by atoms with Gasteiger partial charge in [0.1, 0.15) is 17.3 Å². The molecule has 0 aliphatic heterocycles. The van der Waals surface area contributed by atoms with Gasteiger partial charge >= 0.3 is 6.18 Å². The van der Waals surface area contributed by atoms with E-state index in [1.807, 2.05) is 12.1 Å². The van der Waals surface area contributed by atoms with Gasteiger partial charge in [-0.25, -0.2) is 9.97 Å². The van der Waals surface area contributed by atoms with Crippen LogP contribution in [0.25, 0.3) is 21.5 Å². The first-order chi connectivity index (χ1) is 16.8. The molecule has 3 aromatic heterocycles. The van der Waals surface area contributed by atoms with Gasteiger partial charge in [-0.1, -0.05) is 12.8 Å². The summed E-state index contributed by atoms with van der Waals surface area (Å²) in [6.45, 7) is 0. The number of rotatable bonds is 5. The highest BCUT2D eigenvalue weighted by molar-refractivity contribution is 7.18. The number of nitrogen functional groups attached to an aromatic ring is 1. The SMILES string of the molecule is Nc1ncc(-c2cc(Oc3ccc4nc(C[C@@H]5CCCC[C@H]5O)sc4c3)ccn2)cc1C(F)(F)F. The van der Waals surface area contributed by atoms with Crippen molar-refractivity contribution in [3.63, 3.8) is 0 Å². The van der Waals surface area contributed by atoms with Crippen molar-refractivity contribution in [2.75, 3.05) is 5.73 Å². The number of aliphatic hydroxyl groups excluding tert-OH is 1. The van der Waals surface area contributed by atoms with Crippen LogP contribution in [-0.4, -0.2) is 26.2 Å². The summed E-state index contributed by atoms with van der Waals surface area (Å²) >= 11 is 1.58. The lowest BCUT2D eigenvalue weighted by atomic mass is 9.84. The van der Waals surface area contributed by atoms with Gasteiger partial charge in [0.25, 0.3) is 0 Å². The van der Waals surface area contributed by atoms with E-state index in [1.54, 1.807) is 29.5 Å². The molecule has 4 aromatic rings. The Hall–Kier alpha value is -3.24. The second-order valence-corrected chi connectivity index (χ2v) is 9.80. The van der Waals surface area contributed by atoms with Crippen LogP contribution in [0.5, 0.6) is 11.5 Å². The number of halogens is 3. The number of aliphatic hydroxyl groups is 1. The third-order valence-corrected chi connectivity index (χ3v) is 7.24. The van der Waals surface area contributed by atoms with E-state index in [4.69, 9.17) is 15.5 Å². The second kappa shape index (κ2) is 9.43. The molecule has 0 unspecified atom stereocenters. The first kappa shape index (κ1) is 23.5. The lowest BCUT2D eigenvalue weighted by molar-refractivity contribution is -0.137. The predicted molar refractivity (Wildman–Crippen MR) is 128 cm³/mol. The molecule has 1 aliphatic carbocycles. The van der Waals surface area contributed by atoms with Crippen molar-refractivity contribution < 1.29 is 23.0 Å². The molecule has 0 saturated heterocycles. The molecule has 3 heterocycles. The summed E-state index contributed by atoms with van der Waals surface area (Å²) in [4.78, 5) is 12.5. The number of anilines is 1. The quantitative estimate of drug-likeness (QED) is 0.337. The molecule has 1 saturated carbocycles. The number of nitrogens with two attached hydrogens (primary N) is 1. The van der Waals surface area contributed by atoms with E-state index in [0.717, 1.165) is 53.4 Å². The molecule has 1 fully saturated rings. The fourth-order valence-electron chi connectivity index (χ4n) is 4.37. The summed E-state index contributed by atoms with van der Waals surface area (Å²) in [6.07, 6.45) is 2.70. The highest BCUT2D eigenvalue weighted by Gasteiger charge is 2.34. The van der Waals surface area contributed by atoms with Gasteiger partial charge in [0.15, 0.2) is 0 Å². The molecule has 0 bridgehead atoms. The van der Waals surface area contributed by atoms with Crippen molar-refractivity contribution in [3.05, 3.63) is 59.4 Å². The van der Waals surface area contributed by atoms with Crippen LogP contribution in [0.2, 0.25) is 0 Å². The minimum Gasteiger partial charge on any atom is -0.457 e. The molecule has 3 N–H and O–H groups in total. The Kier molecular flexibility index (Phi) is 6.33. The van der Waals surface area contributed by atoms with Crippen LogP contribution in [0, 0.1) is 5.92 Å².